The Kier molecular flexibility index (Phi) is 4.80. The van der Waals surface area contributed by atoms with E-state index in [0.717, 1.165) is 19.3 Å². The molecular formula is C14H23NO4. The molecule has 0 aromatic rings. The average Bonchev–Trinajstić information content (AvgIpc) is 2.46. The van der Waals surface area contributed by atoms with Crippen LogP contribution in [-0.2, 0) is 14.3 Å². The number of hydrogen-bond acceptors (Lipinski definition) is 3. The summed E-state index contributed by atoms with van der Waals surface area (Å²) in [7, 11) is 0. The molecule has 0 aromatic carbocycles. The highest BCUT2D eigenvalue weighted by Crippen LogP contribution is 2.31. The van der Waals surface area contributed by atoms with E-state index >= 15 is 0 Å². The van der Waals surface area contributed by atoms with Crippen molar-refractivity contribution in [1.29, 1.82) is 0 Å². The minimum atomic E-state index is -0.758. The minimum absolute atomic E-state index is 0.109. The van der Waals surface area contributed by atoms with Crippen molar-refractivity contribution in [2.45, 2.75) is 45.1 Å². The first-order chi connectivity index (χ1) is 9.13. The number of carboxylic acids is 1. The largest absolute Gasteiger partial charge is 0.481 e. The predicted octanol–water partition coefficient (Wildman–Crippen LogP) is 1.51. The fraction of sp³-hybridized carbons (Fsp3) is 0.857. The lowest BCUT2D eigenvalue weighted by Crippen LogP contribution is -2.51. The highest BCUT2D eigenvalue weighted by Gasteiger charge is 2.36. The number of aliphatic carboxylic acids is 1. The molecule has 3 atom stereocenters. The van der Waals surface area contributed by atoms with Crippen molar-refractivity contribution >= 4 is 11.9 Å². The van der Waals surface area contributed by atoms with Crippen molar-refractivity contribution < 1.29 is 19.4 Å². The first kappa shape index (κ1) is 14.3. The van der Waals surface area contributed by atoms with Crippen LogP contribution in [0.25, 0.3) is 0 Å². The molecule has 2 fully saturated rings. The second kappa shape index (κ2) is 6.37. The average molecular weight is 269 g/mol. The second-order valence-electron chi connectivity index (χ2n) is 5.57. The number of amides is 1. The Bertz CT molecular complexity index is 344. The molecule has 1 amide bonds. The number of carboxylic acid groups (broad SMARTS) is 1. The van der Waals surface area contributed by atoms with Crippen LogP contribution in [0.15, 0.2) is 0 Å². The summed E-state index contributed by atoms with van der Waals surface area (Å²) in [5, 5.41) is 9.10. The Hall–Kier alpha value is -1.10. The zero-order chi connectivity index (χ0) is 13.8. The molecule has 2 rings (SSSR count). The van der Waals surface area contributed by atoms with Gasteiger partial charge >= 0.3 is 5.97 Å². The Balaban J connectivity index is 1.99. The van der Waals surface area contributed by atoms with Gasteiger partial charge in [-0.25, -0.2) is 0 Å². The normalized spacial score (nSPS) is 32.1. The summed E-state index contributed by atoms with van der Waals surface area (Å²) in [5.74, 6) is -1.07. The molecule has 0 spiro atoms. The standard InChI is InChI=1S/C14H23NO4/c1-2-12-9-19-7-6-15(12)13(16)10-4-3-5-11(8-10)14(17)18/h10-12H,2-9H2,1H3,(H,17,18)/t10-,11-,12-/m1/s1. The molecule has 19 heavy (non-hydrogen) atoms. The number of carbonyl (C=O) groups excluding carboxylic acids is 1. The van der Waals surface area contributed by atoms with E-state index in [2.05, 4.69) is 6.92 Å². The van der Waals surface area contributed by atoms with E-state index < -0.39 is 5.97 Å². The van der Waals surface area contributed by atoms with E-state index in [-0.39, 0.29) is 23.8 Å². The number of nitrogens with zero attached hydrogens (tertiary/aromatic N) is 1. The molecule has 1 heterocycles. The molecule has 0 radical (unpaired) electrons. The SMILES string of the molecule is CC[C@@H]1COCCN1C(=O)[C@@H]1CCC[C@@H](C(=O)O)C1. The lowest BCUT2D eigenvalue weighted by atomic mass is 9.80. The van der Waals surface area contributed by atoms with Crippen molar-refractivity contribution in [3.63, 3.8) is 0 Å². The number of rotatable bonds is 3. The van der Waals surface area contributed by atoms with Crippen molar-refractivity contribution in [2.24, 2.45) is 11.8 Å². The topological polar surface area (TPSA) is 66.8 Å². The molecule has 1 saturated heterocycles. The van der Waals surface area contributed by atoms with Gasteiger partial charge in [0.1, 0.15) is 0 Å². The molecular weight excluding hydrogens is 246 g/mol. The third-order valence-corrected chi connectivity index (χ3v) is 4.35. The van der Waals surface area contributed by atoms with Crippen molar-refractivity contribution in [3.8, 4) is 0 Å². The van der Waals surface area contributed by atoms with Gasteiger partial charge in [-0.1, -0.05) is 13.3 Å². The Morgan fingerprint density at radius 1 is 1.32 bits per heavy atom. The number of hydrogen-bond donors (Lipinski definition) is 1. The first-order valence-electron chi connectivity index (χ1n) is 7.24. The maximum atomic E-state index is 12.6. The molecule has 108 valence electrons. The smallest absolute Gasteiger partial charge is 0.306 e. The molecule has 5 nitrogen and oxygen atoms in total. The van der Waals surface area contributed by atoms with Crippen LogP contribution in [0.5, 0.6) is 0 Å². The van der Waals surface area contributed by atoms with Crippen LogP contribution < -0.4 is 0 Å². The maximum absolute atomic E-state index is 12.6. The van der Waals surface area contributed by atoms with Crippen LogP contribution in [0.2, 0.25) is 0 Å². The van der Waals surface area contributed by atoms with Gasteiger partial charge in [-0.05, 0) is 25.7 Å². The first-order valence-corrected chi connectivity index (χ1v) is 7.24. The predicted molar refractivity (Wildman–Crippen MR) is 69.7 cm³/mol. The lowest BCUT2D eigenvalue weighted by Gasteiger charge is -2.38. The van der Waals surface area contributed by atoms with E-state index in [1.165, 1.54) is 0 Å². The zero-order valence-electron chi connectivity index (χ0n) is 11.5. The van der Waals surface area contributed by atoms with Gasteiger partial charge < -0.3 is 14.7 Å². The van der Waals surface area contributed by atoms with Crippen LogP contribution >= 0.6 is 0 Å². The molecule has 1 aliphatic carbocycles. The van der Waals surface area contributed by atoms with Crippen LogP contribution in [0, 0.1) is 11.8 Å². The monoisotopic (exact) mass is 269 g/mol. The van der Waals surface area contributed by atoms with E-state index in [1.54, 1.807) is 0 Å². The summed E-state index contributed by atoms with van der Waals surface area (Å²) in [4.78, 5) is 25.6. The van der Waals surface area contributed by atoms with Crippen LogP contribution in [0.3, 0.4) is 0 Å². The molecule has 5 heteroatoms. The van der Waals surface area contributed by atoms with Crippen LogP contribution in [0.4, 0.5) is 0 Å². The quantitative estimate of drug-likeness (QED) is 0.843. The van der Waals surface area contributed by atoms with Gasteiger partial charge in [0.25, 0.3) is 0 Å². The summed E-state index contributed by atoms with van der Waals surface area (Å²) in [6.07, 6.45) is 3.77. The third-order valence-electron chi connectivity index (χ3n) is 4.35. The molecule has 0 unspecified atom stereocenters. The number of carbonyl (C=O) groups is 2. The summed E-state index contributed by atoms with van der Waals surface area (Å²) >= 11 is 0. The molecule has 0 aromatic heterocycles. The van der Waals surface area contributed by atoms with Crippen LogP contribution in [0.1, 0.15) is 39.0 Å². The van der Waals surface area contributed by atoms with Gasteiger partial charge in [0.2, 0.25) is 5.91 Å². The van der Waals surface area contributed by atoms with E-state index in [0.29, 0.717) is 32.6 Å². The number of ether oxygens (including phenoxy) is 1. The Morgan fingerprint density at radius 3 is 2.74 bits per heavy atom. The summed E-state index contributed by atoms with van der Waals surface area (Å²) < 4.78 is 5.41. The molecule has 0 bridgehead atoms. The fourth-order valence-corrected chi connectivity index (χ4v) is 3.16. The van der Waals surface area contributed by atoms with Gasteiger partial charge in [0.15, 0.2) is 0 Å². The maximum Gasteiger partial charge on any atom is 0.306 e. The van der Waals surface area contributed by atoms with Gasteiger partial charge in [-0.3, -0.25) is 9.59 Å². The highest BCUT2D eigenvalue weighted by molar-refractivity contribution is 5.80. The number of morpholine rings is 1. The minimum Gasteiger partial charge on any atom is -0.481 e. The summed E-state index contributed by atoms with van der Waals surface area (Å²) in [6, 6.07) is 0.159. The summed E-state index contributed by atoms with van der Waals surface area (Å²) in [5.41, 5.74) is 0. The Labute approximate surface area is 113 Å². The molecule has 1 N–H and O–H groups in total. The van der Waals surface area contributed by atoms with Crippen molar-refractivity contribution in [2.75, 3.05) is 19.8 Å². The lowest BCUT2D eigenvalue weighted by molar-refractivity contribution is -0.149. The summed E-state index contributed by atoms with van der Waals surface area (Å²) in [6.45, 7) is 3.90. The van der Waals surface area contributed by atoms with E-state index in [4.69, 9.17) is 9.84 Å². The Morgan fingerprint density at radius 2 is 2.05 bits per heavy atom. The second-order valence-corrected chi connectivity index (χ2v) is 5.57. The zero-order valence-corrected chi connectivity index (χ0v) is 11.5. The van der Waals surface area contributed by atoms with Crippen LogP contribution in [-0.4, -0.2) is 47.7 Å². The van der Waals surface area contributed by atoms with Gasteiger partial charge in [0.05, 0.1) is 25.2 Å². The van der Waals surface area contributed by atoms with E-state index in [1.807, 2.05) is 4.90 Å². The molecule has 1 saturated carbocycles. The molecule has 1 aliphatic heterocycles. The highest BCUT2D eigenvalue weighted by atomic mass is 16.5. The van der Waals surface area contributed by atoms with Gasteiger partial charge in [-0.2, -0.15) is 0 Å². The fourth-order valence-electron chi connectivity index (χ4n) is 3.16. The third kappa shape index (κ3) is 3.26. The van der Waals surface area contributed by atoms with Gasteiger partial charge in [0, 0.05) is 12.5 Å². The van der Waals surface area contributed by atoms with Crippen molar-refractivity contribution in [3.05, 3.63) is 0 Å². The molecule has 2 aliphatic rings. The van der Waals surface area contributed by atoms with Crippen molar-refractivity contribution in [1.82, 2.24) is 4.90 Å². The van der Waals surface area contributed by atoms with Gasteiger partial charge in [-0.15, -0.1) is 0 Å². The van der Waals surface area contributed by atoms with E-state index in [9.17, 15) is 9.59 Å².